The summed E-state index contributed by atoms with van der Waals surface area (Å²) in [6.45, 7) is 3.82. The largest absolute Gasteiger partial charge is 0.487 e. The normalized spacial score (nSPS) is 11.0. The van der Waals surface area contributed by atoms with Gasteiger partial charge in [-0.15, -0.1) is 0 Å². The first-order valence-electron chi connectivity index (χ1n) is 14.2. The van der Waals surface area contributed by atoms with Crippen molar-refractivity contribution in [2.45, 2.75) is 24.9 Å². The number of ether oxygens (including phenoxy) is 3. The predicted octanol–water partition coefficient (Wildman–Crippen LogP) is 5.98. The van der Waals surface area contributed by atoms with Crippen LogP contribution in [0, 0.1) is 10.1 Å². The lowest BCUT2D eigenvalue weighted by atomic mass is 10.2. The minimum Gasteiger partial charge on any atom is -0.487 e. The molecule has 4 rings (SSSR count). The number of benzene rings is 3. The third-order valence-electron chi connectivity index (χ3n) is 5.89. The Morgan fingerprint density at radius 3 is 2.22 bits per heavy atom. The first-order valence-corrected chi connectivity index (χ1v) is 16.0. The van der Waals surface area contributed by atoms with Gasteiger partial charge in [0.25, 0.3) is 10.0 Å². The molecule has 1 aromatic heterocycles. The van der Waals surface area contributed by atoms with E-state index in [4.69, 9.17) is 30.9 Å². The second kappa shape index (κ2) is 17.1. The Labute approximate surface area is 292 Å². The van der Waals surface area contributed by atoms with Gasteiger partial charge in [0.05, 0.1) is 34.3 Å². The predicted molar refractivity (Wildman–Crippen MR) is 174 cm³/mol. The first-order chi connectivity index (χ1) is 24.0. The molecular formula is C29H27ClF3N7O10S. The van der Waals surface area contributed by atoms with Crippen molar-refractivity contribution in [2.75, 3.05) is 30.9 Å². The standard InChI is InChI=1S/C15H11ClF3NO4.C14H16N6O6S/c1-2-23-14-8-10(4-5-12(14)20(21)22)24-13-6-3-9(7-11(13)16)15(17,18)19;1-3-26-14-18-11(15-2)16-12(19-14)17-13(23)20-27(24,25)9-7-5-4-6-8(9)10(21)22/h3-8H,2H2,1H3;4-7H,3H2,1-2H3,(H,21,22)(H3,15,16,17,18,19,20,23). The summed E-state index contributed by atoms with van der Waals surface area (Å²) in [5, 5.41) is 24.5. The highest BCUT2D eigenvalue weighted by molar-refractivity contribution is 7.90. The Hall–Kier alpha value is -5.96. The van der Waals surface area contributed by atoms with Crippen LogP contribution in [-0.4, -0.2) is 65.7 Å². The summed E-state index contributed by atoms with van der Waals surface area (Å²) >= 11 is 5.80. The van der Waals surface area contributed by atoms with Crippen LogP contribution in [0.15, 0.2) is 65.6 Å². The van der Waals surface area contributed by atoms with E-state index in [0.717, 1.165) is 30.3 Å². The van der Waals surface area contributed by atoms with Gasteiger partial charge in [-0.3, -0.25) is 15.4 Å². The van der Waals surface area contributed by atoms with Gasteiger partial charge in [0.2, 0.25) is 17.6 Å². The van der Waals surface area contributed by atoms with Crippen molar-refractivity contribution in [1.29, 1.82) is 0 Å². The molecule has 272 valence electrons. The Bertz CT molecular complexity index is 2020. The highest BCUT2D eigenvalue weighted by Gasteiger charge is 2.31. The number of sulfonamides is 1. The van der Waals surface area contributed by atoms with Gasteiger partial charge in [0.1, 0.15) is 16.4 Å². The molecule has 0 bridgehead atoms. The summed E-state index contributed by atoms with van der Waals surface area (Å²) in [6.07, 6.45) is -4.52. The molecule has 0 atom stereocenters. The molecule has 17 nitrogen and oxygen atoms in total. The highest BCUT2D eigenvalue weighted by atomic mass is 35.5. The zero-order valence-corrected chi connectivity index (χ0v) is 28.1. The van der Waals surface area contributed by atoms with Crippen molar-refractivity contribution in [3.63, 3.8) is 0 Å². The fourth-order valence-electron chi connectivity index (χ4n) is 3.77. The van der Waals surface area contributed by atoms with E-state index in [1.165, 1.54) is 37.4 Å². The van der Waals surface area contributed by atoms with E-state index in [-0.39, 0.29) is 59.1 Å². The van der Waals surface area contributed by atoms with Gasteiger partial charge in [0, 0.05) is 19.2 Å². The van der Waals surface area contributed by atoms with Crippen LogP contribution in [0.2, 0.25) is 5.02 Å². The zero-order valence-electron chi connectivity index (χ0n) is 26.5. The van der Waals surface area contributed by atoms with Crippen LogP contribution >= 0.6 is 11.6 Å². The van der Waals surface area contributed by atoms with E-state index in [9.17, 15) is 41.3 Å². The van der Waals surface area contributed by atoms with Crippen molar-refractivity contribution < 1.29 is 55.4 Å². The SMILES string of the molecule is CCOc1cc(Oc2ccc(C(F)(F)F)cc2Cl)ccc1[N+](=O)[O-].CCOc1nc(NC)nc(NC(=O)NS(=O)(=O)c2ccccc2C(=O)O)n1. The van der Waals surface area contributed by atoms with E-state index in [1.807, 2.05) is 0 Å². The van der Waals surface area contributed by atoms with Gasteiger partial charge in [-0.05, 0) is 50.2 Å². The van der Waals surface area contributed by atoms with Gasteiger partial charge in [-0.25, -0.2) is 22.7 Å². The Morgan fingerprint density at radius 2 is 1.63 bits per heavy atom. The lowest BCUT2D eigenvalue weighted by Gasteiger charge is -2.12. The van der Waals surface area contributed by atoms with Crippen molar-refractivity contribution in [3.8, 4) is 23.3 Å². The number of nitro groups is 1. The third kappa shape index (κ3) is 11.0. The summed E-state index contributed by atoms with van der Waals surface area (Å²) in [5.41, 5.74) is -1.63. The van der Waals surface area contributed by atoms with E-state index in [0.29, 0.717) is 0 Å². The summed E-state index contributed by atoms with van der Waals surface area (Å²) in [6, 6.07) is 10.00. The summed E-state index contributed by atoms with van der Waals surface area (Å²) in [5.74, 6) is -1.51. The monoisotopic (exact) mass is 757 g/mol. The van der Waals surface area contributed by atoms with E-state index in [1.54, 1.807) is 18.6 Å². The molecule has 4 aromatic rings. The molecule has 0 aliphatic carbocycles. The van der Waals surface area contributed by atoms with E-state index < -0.39 is 49.1 Å². The van der Waals surface area contributed by atoms with Crippen LogP contribution in [0.25, 0.3) is 0 Å². The van der Waals surface area contributed by atoms with Crippen molar-refractivity contribution in [1.82, 2.24) is 19.7 Å². The maximum Gasteiger partial charge on any atom is 0.416 e. The maximum atomic E-state index is 12.6. The molecule has 0 spiro atoms. The number of hydrogen-bond donors (Lipinski definition) is 4. The second-order valence-corrected chi connectivity index (χ2v) is 11.4. The number of carboxylic acids is 1. The lowest BCUT2D eigenvalue weighted by molar-refractivity contribution is -0.385. The fourth-order valence-corrected chi connectivity index (χ4v) is 5.09. The Balaban J connectivity index is 0.000000277. The van der Waals surface area contributed by atoms with Crippen LogP contribution < -0.4 is 29.6 Å². The van der Waals surface area contributed by atoms with Crippen molar-refractivity contribution in [3.05, 3.63) is 86.9 Å². The molecule has 0 radical (unpaired) electrons. The molecule has 0 aliphatic rings. The zero-order chi connectivity index (χ0) is 37.9. The number of urea groups is 1. The number of hydrogen-bond acceptors (Lipinski definition) is 13. The van der Waals surface area contributed by atoms with E-state index >= 15 is 0 Å². The number of aromatic carboxylic acids is 1. The average Bonchev–Trinajstić information content (AvgIpc) is 3.05. The van der Waals surface area contributed by atoms with Crippen molar-refractivity contribution in [2.24, 2.45) is 0 Å². The molecule has 3 aromatic carbocycles. The average molecular weight is 758 g/mol. The Morgan fingerprint density at radius 1 is 0.961 bits per heavy atom. The number of carboxylic acid groups (broad SMARTS) is 1. The number of carbonyl (C=O) groups is 2. The number of rotatable bonds is 12. The molecule has 0 fully saturated rings. The number of alkyl halides is 3. The summed E-state index contributed by atoms with van der Waals surface area (Å²) in [4.78, 5) is 44.5. The summed E-state index contributed by atoms with van der Waals surface area (Å²) < 4.78 is 79.9. The van der Waals surface area contributed by atoms with Crippen LogP contribution in [0.5, 0.6) is 23.3 Å². The number of halogens is 4. The number of anilines is 2. The van der Waals surface area contributed by atoms with Gasteiger partial charge in [-0.1, -0.05) is 23.7 Å². The van der Waals surface area contributed by atoms with E-state index in [2.05, 4.69) is 25.6 Å². The number of aromatic nitrogens is 3. The smallest absolute Gasteiger partial charge is 0.416 e. The maximum absolute atomic E-state index is 12.6. The summed E-state index contributed by atoms with van der Waals surface area (Å²) in [7, 11) is -2.92. The molecular weight excluding hydrogens is 731 g/mol. The van der Waals surface area contributed by atoms with Crippen LogP contribution in [0.4, 0.5) is 35.5 Å². The number of nitro benzene ring substituents is 1. The molecule has 0 saturated heterocycles. The Kier molecular flexibility index (Phi) is 13.2. The van der Waals surface area contributed by atoms with Crippen molar-refractivity contribution >= 4 is 51.2 Å². The molecule has 0 unspecified atom stereocenters. The molecule has 2 amide bonds. The number of amides is 2. The number of nitrogens with one attached hydrogen (secondary N) is 3. The van der Waals surface area contributed by atoms with Gasteiger partial charge < -0.3 is 24.6 Å². The number of nitrogens with zero attached hydrogens (tertiary/aromatic N) is 4. The molecule has 22 heteroatoms. The quantitative estimate of drug-likeness (QED) is 0.0962. The molecule has 0 aliphatic heterocycles. The lowest BCUT2D eigenvalue weighted by Crippen LogP contribution is -2.35. The molecule has 0 saturated carbocycles. The highest BCUT2D eigenvalue weighted by Crippen LogP contribution is 2.38. The molecule has 1 heterocycles. The fraction of sp³-hybridized carbons (Fsp3) is 0.207. The number of carbonyl (C=O) groups excluding carboxylic acids is 1. The van der Waals surface area contributed by atoms with Gasteiger partial charge in [-0.2, -0.15) is 28.1 Å². The van der Waals surface area contributed by atoms with Gasteiger partial charge in [0.15, 0.2) is 0 Å². The first kappa shape index (κ1) is 39.5. The van der Waals surface area contributed by atoms with Crippen LogP contribution in [0.1, 0.15) is 29.8 Å². The van der Waals surface area contributed by atoms with Crippen LogP contribution in [0.3, 0.4) is 0 Å². The minimum absolute atomic E-state index is 0.0111. The topological polar surface area (TPSA) is 234 Å². The molecule has 51 heavy (non-hydrogen) atoms. The third-order valence-corrected chi connectivity index (χ3v) is 7.57. The van der Waals surface area contributed by atoms with Gasteiger partial charge >= 0.3 is 29.9 Å². The molecule has 4 N–H and O–H groups in total. The second-order valence-electron chi connectivity index (χ2n) is 9.37. The minimum atomic E-state index is -4.52. The van der Waals surface area contributed by atoms with Crippen LogP contribution in [-0.2, 0) is 16.2 Å².